The number of benzene rings is 3. The summed E-state index contributed by atoms with van der Waals surface area (Å²) in [5, 5.41) is 8.37. The van der Waals surface area contributed by atoms with Crippen LogP contribution in [0.15, 0.2) is 79.1 Å². The van der Waals surface area contributed by atoms with E-state index in [1.165, 1.54) is 12.1 Å². The predicted molar refractivity (Wildman–Crippen MR) is 180 cm³/mol. The lowest BCUT2D eigenvalue weighted by Crippen LogP contribution is -2.56. The molecule has 2 aliphatic heterocycles. The van der Waals surface area contributed by atoms with Crippen LogP contribution in [0.1, 0.15) is 24.5 Å². The van der Waals surface area contributed by atoms with E-state index < -0.39 is 0 Å². The fourth-order valence-electron chi connectivity index (χ4n) is 6.79. The number of halogens is 1. The molecular weight excluding hydrogens is 593 g/mol. The number of H-pyrrole nitrogens is 1. The Hall–Kier alpha value is -4.96. The van der Waals surface area contributed by atoms with Crippen LogP contribution in [0.5, 0.6) is 0 Å². The molecule has 3 aromatic carbocycles. The average molecular weight is 632 g/mol. The molecule has 1 amide bonds. The molecule has 0 radical (unpaired) electrons. The SMILES string of the molecule is Cc1cnc(-c2ccc(N3CCN(C(=O)CN4CCC(C(=O)Cc5ccc6[nH]nc(-c7ccc(F)cc7)c6c5)C4)[C@H](C)C3)cc2)nc1. The van der Waals surface area contributed by atoms with Gasteiger partial charge in [0.2, 0.25) is 5.91 Å². The fraction of sp³-hybridized carbons (Fsp3) is 0.324. The van der Waals surface area contributed by atoms with Crippen molar-refractivity contribution in [3.8, 4) is 22.6 Å². The number of amides is 1. The largest absolute Gasteiger partial charge is 0.368 e. The summed E-state index contributed by atoms with van der Waals surface area (Å²) in [6.45, 7) is 7.94. The van der Waals surface area contributed by atoms with Crippen LogP contribution in [0.2, 0.25) is 0 Å². The molecule has 2 aliphatic rings. The molecule has 5 aromatic rings. The van der Waals surface area contributed by atoms with Gasteiger partial charge >= 0.3 is 0 Å². The van der Waals surface area contributed by atoms with Crippen molar-refractivity contribution in [1.29, 1.82) is 0 Å². The van der Waals surface area contributed by atoms with Crippen molar-refractivity contribution in [1.82, 2.24) is 30.0 Å². The number of aromatic nitrogens is 4. The van der Waals surface area contributed by atoms with Crippen LogP contribution in [0.25, 0.3) is 33.5 Å². The summed E-state index contributed by atoms with van der Waals surface area (Å²) < 4.78 is 13.4. The second-order valence-corrected chi connectivity index (χ2v) is 12.8. The number of aromatic amines is 1. The van der Waals surface area contributed by atoms with Crippen molar-refractivity contribution in [2.75, 3.05) is 44.2 Å². The Morgan fingerprint density at radius 1 is 0.915 bits per heavy atom. The summed E-state index contributed by atoms with van der Waals surface area (Å²) in [5.41, 5.74) is 6.48. The van der Waals surface area contributed by atoms with Crippen LogP contribution in [-0.4, -0.2) is 87.0 Å². The minimum Gasteiger partial charge on any atom is -0.368 e. The number of aryl methyl sites for hydroxylation is 1. The van der Waals surface area contributed by atoms with Gasteiger partial charge in [-0.15, -0.1) is 0 Å². The molecule has 2 fully saturated rings. The van der Waals surface area contributed by atoms with E-state index in [0.717, 1.165) is 70.6 Å². The second-order valence-electron chi connectivity index (χ2n) is 12.8. The molecule has 0 spiro atoms. The molecule has 9 nitrogen and oxygen atoms in total. The number of rotatable bonds is 8. The monoisotopic (exact) mass is 631 g/mol. The highest BCUT2D eigenvalue weighted by molar-refractivity contribution is 5.94. The Kier molecular flexibility index (Phi) is 8.51. The number of nitrogens with one attached hydrogen (secondary N) is 1. The van der Waals surface area contributed by atoms with Crippen LogP contribution >= 0.6 is 0 Å². The molecule has 7 rings (SSSR count). The molecule has 1 N–H and O–H groups in total. The third-order valence-electron chi connectivity index (χ3n) is 9.43. The topological polar surface area (TPSA) is 98.3 Å². The molecule has 240 valence electrons. The predicted octanol–water partition coefficient (Wildman–Crippen LogP) is 5.31. The lowest BCUT2D eigenvalue weighted by molar-refractivity contribution is -0.134. The number of hydrogen-bond donors (Lipinski definition) is 1. The van der Waals surface area contributed by atoms with Gasteiger partial charge in [-0.2, -0.15) is 5.10 Å². The van der Waals surface area contributed by atoms with E-state index in [0.29, 0.717) is 31.9 Å². The first-order valence-electron chi connectivity index (χ1n) is 16.2. The van der Waals surface area contributed by atoms with E-state index in [1.807, 2.05) is 54.5 Å². The van der Waals surface area contributed by atoms with Gasteiger partial charge in [-0.05, 0) is 98.6 Å². The standard InChI is InChI=1S/C37H38FN7O2/c1-24-19-39-37(40-20-24)28-6-10-31(11-7-28)44-15-16-45(25(2)21-44)35(47)23-43-14-13-29(22-43)34(46)18-26-3-12-33-32(17-26)36(42-41-33)27-4-8-30(38)9-5-27/h3-12,17,19-20,25,29H,13-16,18,21-23H2,1-2H3,(H,41,42)/t25-,29?/m1/s1. The molecule has 1 unspecified atom stereocenters. The van der Waals surface area contributed by atoms with E-state index in [2.05, 4.69) is 49.0 Å². The molecule has 10 heteroatoms. The Labute approximate surface area is 273 Å². The van der Waals surface area contributed by atoms with Crippen LogP contribution in [-0.2, 0) is 16.0 Å². The van der Waals surface area contributed by atoms with E-state index in [1.54, 1.807) is 12.1 Å². The Bertz CT molecular complexity index is 1890. The number of fused-ring (bicyclic) bond motifs is 1. The first-order chi connectivity index (χ1) is 22.8. The first-order valence-corrected chi connectivity index (χ1v) is 16.2. The van der Waals surface area contributed by atoms with Gasteiger partial charge in [-0.1, -0.05) is 6.07 Å². The fourth-order valence-corrected chi connectivity index (χ4v) is 6.79. The highest BCUT2D eigenvalue weighted by atomic mass is 19.1. The normalized spacial score (nSPS) is 18.6. The van der Waals surface area contributed by atoms with Crippen LogP contribution in [0.3, 0.4) is 0 Å². The van der Waals surface area contributed by atoms with Gasteiger partial charge in [0.25, 0.3) is 0 Å². The Morgan fingerprint density at radius 2 is 1.66 bits per heavy atom. The minimum atomic E-state index is -0.295. The number of likely N-dealkylation sites (tertiary alicyclic amines) is 1. The Morgan fingerprint density at radius 3 is 2.40 bits per heavy atom. The van der Waals surface area contributed by atoms with Gasteiger partial charge in [0.1, 0.15) is 11.6 Å². The van der Waals surface area contributed by atoms with Crippen LogP contribution < -0.4 is 4.90 Å². The van der Waals surface area contributed by atoms with Gasteiger partial charge in [0, 0.05) is 79.2 Å². The summed E-state index contributed by atoms with van der Waals surface area (Å²) in [6, 6.07) is 20.5. The van der Waals surface area contributed by atoms with E-state index in [-0.39, 0.29) is 29.5 Å². The third kappa shape index (κ3) is 6.64. The quantitative estimate of drug-likeness (QED) is 0.248. The van der Waals surface area contributed by atoms with E-state index in [4.69, 9.17) is 0 Å². The van der Waals surface area contributed by atoms with Crippen molar-refractivity contribution in [3.63, 3.8) is 0 Å². The maximum atomic E-state index is 13.4. The number of carbonyl (C=O) groups excluding carboxylic acids is 2. The van der Waals surface area contributed by atoms with Crippen molar-refractivity contribution in [3.05, 3.63) is 96.1 Å². The lowest BCUT2D eigenvalue weighted by atomic mass is 9.96. The number of nitrogens with zero attached hydrogens (tertiary/aromatic N) is 6. The molecule has 0 saturated carbocycles. The summed E-state index contributed by atoms with van der Waals surface area (Å²) in [7, 11) is 0. The summed E-state index contributed by atoms with van der Waals surface area (Å²) in [6.07, 6.45) is 4.73. The number of hydrogen-bond acceptors (Lipinski definition) is 7. The molecule has 4 heterocycles. The third-order valence-corrected chi connectivity index (χ3v) is 9.43. The first kappa shape index (κ1) is 30.7. The number of piperazine rings is 1. The number of anilines is 1. The highest BCUT2D eigenvalue weighted by Crippen LogP contribution is 2.29. The highest BCUT2D eigenvalue weighted by Gasteiger charge is 2.33. The van der Waals surface area contributed by atoms with Crippen molar-refractivity contribution in [2.24, 2.45) is 5.92 Å². The van der Waals surface area contributed by atoms with Crippen molar-refractivity contribution >= 4 is 28.3 Å². The Balaban J connectivity index is 0.913. The van der Waals surface area contributed by atoms with Gasteiger partial charge in [0.05, 0.1) is 17.8 Å². The molecule has 2 aromatic heterocycles. The second kappa shape index (κ2) is 13.0. The maximum Gasteiger partial charge on any atom is 0.237 e. The van der Waals surface area contributed by atoms with Crippen LogP contribution in [0.4, 0.5) is 10.1 Å². The van der Waals surface area contributed by atoms with Crippen LogP contribution in [0, 0.1) is 18.7 Å². The summed E-state index contributed by atoms with van der Waals surface area (Å²) in [4.78, 5) is 42.0. The molecule has 47 heavy (non-hydrogen) atoms. The maximum absolute atomic E-state index is 13.4. The molecule has 0 bridgehead atoms. The van der Waals surface area contributed by atoms with Gasteiger partial charge < -0.3 is 9.80 Å². The summed E-state index contributed by atoms with van der Waals surface area (Å²) in [5.74, 6) is 0.632. The zero-order valence-corrected chi connectivity index (χ0v) is 26.7. The average Bonchev–Trinajstić information content (AvgIpc) is 3.73. The number of carbonyl (C=O) groups is 2. The van der Waals surface area contributed by atoms with E-state index in [9.17, 15) is 14.0 Å². The lowest BCUT2D eigenvalue weighted by Gasteiger charge is -2.41. The van der Waals surface area contributed by atoms with Gasteiger partial charge in [-0.25, -0.2) is 14.4 Å². The van der Waals surface area contributed by atoms with Crippen molar-refractivity contribution in [2.45, 2.75) is 32.7 Å². The number of Topliss-reactive ketones (excluding diaryl/α,β-unsaturated/α-hetero) is 1. The zero-order valence-electron chi connectivity index (χ0n) is 26.7. The zero-order chi connectivity index (χ0) is 32.5. The molecule has 0 aliphatic carbocycles. The number of ketones is 1. The molecule has 2 saturated heterocycles. The summed E-state index contributed by atoms with van der Waals surface area (Å²) >= 11 is 0. The van der Waals surface area contributed by atoms with Gasteiger partial charge in [-0.3, -0.25) is 19.6 Å². The molecular formula is C37H38FN7O2. The smallest absolute Gasteiger partial charge is 0.237 e. The van der Waals surface area contributed by atoms with E-state index >= 15 is 0 Å². The minimum absolute atomic E-state index is 0.0778. The molecule has 2 atom stereocenters. The van der Waals surface area contributed by atoms with Crippen molar-refractivity contribution < 1.29 is 14.0 Å². The van der Waals surface area contributed by atoms with Gasteiger partial charge in [0.15, 0.2) is 5.82 Å².